The maximum atomic E-state index is 6.43. The van der Waals surface area contributed by atoms with E-state index in [9.17, 15) is 0 Å². The summed E-state index contributed by atoms with van der Waals surface area (Å²) in [6, 6.07) is 87.6. The number of furan rings is 5. The monoisotopic (exact) mass is 1860 g/mol. The highest BCUT2D eigenvalue weighted by Crippen LogP contribution is 2.47. The van der Waals surface area contributed by atoms with E-state index in [0.29, 0.717) is 34.5 Å². The number of fused-ring (bicyclic) bond motifs is 20. The fourth-order valence-electron chi connectivity index (χ4n) is 22.1. The third-order valence-electron chi connectivity index (χ3n) is 29.3. The molecule has 700 valence electrons. The van der Waals surface area contributed by atoms with Crippen LogP contribution in [-0.4, -0.2) is 24.9 Å². The molecule has 15 heteroatoms. The van der Waals surface area contributed by atoms with E-state index in [1.54, 1.807) is 0 Å². The molecule has 0 radical (unpaired) electrons. The van der Waals surface area contributed by atoms with Crippen molar-refractivity contribution in [1.29, 1.82) is 0 Å². The molecule has 0 bridgehead atoms. The summed E-state index contributed by atoms with van der Waals surface area (Å²) in [5.41, 5.74) is 42.1. The van der Waals surface area contributed by atoms with Gasteiger partial charge in [-0.2, -0.15) is 0 Å². The smallest absolute Gasteiger partial charge is 0.227 e. The summed E-state index contributed by atoms with van der Waals surface area (Å²) in [5.74, 6) is 1.45. The molecular weight excluding hydrogens is 1750 g/mol. The summed E-state index contributed by atoms with van der Waals surface area (Å²) < 4.78 is 42.9. The van der Waals surface area contributed by atoms with Crippen molar-refractivity contribution in [2.75, 3.05) is 0 Å². The lowest BCUT2D eigenvalue weighted by Crippen LogP contribution is -2.31. The molecule has 1 aliphatic carbocycles. The van der Waals surface area contributed by atoms with Crippen molar-refractivity contribution in [3.05, 3.63) is 358 Å². The van der Waals surface area contributed by atoms with E-state index < -0.39 is 0 Å². The Balaban J connectivity index is 0.000000102. The summed E-state index contributed by atoms with van der Waals surface area (Å²) in [5, 5.41) is 16.8. The van der Waals surface area contributed by atoms with E-state index in [1.807, 2.05) is 78.9 Å². The maximum Gasteiger partial charge on any atom is 0.227 e. The Morgan fingerprint density at radius 3 is 1.01 bits per heavy atom. The lowest BCUT2D eigenvalue weighted by molar-refractivity contribution is -0.660. The number of pyridine rings is 10. The summed E-state index contributed by atoms with van der Waals surface area (Å²) in [4.78, 5) is 24.0. The first-order chi connectivity index (χ1) is 68.7. The van der Waals surface area contributed by atoms with Gasteiger partial charge in [0.15, 0.2) is 58.9 Å². The van der Waals surface area contributed by atoms with Crippen molar-refractivity contribution in [1.82, 2.24) is 24.9 Å². The standard InChI is InChI=1S/C28H27N2O.C26H25N2O.C25H23N2O.2C24H21N2O/c1-18-11-12-22-23-17-21-9-5-6-10-24(21)29-28(23)31-27(22)26(18)25-16-20(13-14-30(25)2)15-19-7-3-4-8-19;1-16(2)13-18-11-12-28(4)23(14-18)24-17(3)9-10-20-21-15-19-7-5-6-8-22(19)27-26(21)29-25(20)24;1-14-11-21(27(5)13-17(14)4)23-16(3)10-15(2)22-19-12-18-8-6-7-9-20(18)26-25(19)28-24(22)23;1-14-9-10-20(26(4)13-14)22-16(3)11-15(2)21-18-12-17-7-5-6-8-19(17)25-24(18)27-23(21)22;1-14-9-10-26(4)20(11-14)22-16(3)12-15(2)21-18-13-17-7-5-6-8-19(17)25-24(18)27-23(21)22/h5-6,9-14,16-17,19H,3-4,7-8,15H2,1-2H3;5-12,14-16H,13H2,1-4H3;6-13H,1-5H3;2*5-13H,1-4H3/q5*+1. The third-order valence-corrected chi connectivity index (χ3v) is 29.3. The van der Waals surface area contributed by atoms with Crippen LogP contribution in [-0.2, 0) is 48.1 Å². The molecule has 0 N–H and O–H groups in total. The van der Waals surface area contributed by atoms with Crippen molar-refractivity contribution in [2.45, 2.75) is 135 Å². The van der Waals surface area contributed by atoms with Crippen molar-refractivity contribution in [3.8, 4) is 56.3 Å². The van der Waals surface area contributed by atoms with Crippen LogP contribution < -0.4 is 22.8 Å². The van der Waals surface area contributed by atoms with Crippen LogP contribution in [0, 0.1) is 94.9 Å². The molecule has 0 spiro atoms. The summed E-state index contributed by atoms with van der Waals surface area (Å²) in [6.45, 7) is 30.3. The zero-order valence-corrected chi connectivity index (χ0v) is 84.5. The van der Waals surface area contributed by atoms with Gasteiger partial charge in [-0.25, -0.2) is 47.8 Å². The van der Waals surface area contributed by atoms with Gasteiger partial charge in [-0.15, -0.1) is 0 Å². The van der Waals surface area contributed by atoms with Crippen molar-refractivity contribution < 1.29 is 44.9 Å². The van der Waals surface area contributed by atoms with E-state index >= 15 is 0 Å². The van der Waals surface area contributed by atoms with Crippen molar-refractivity contribution in [3.63, 3.8) is 0 Å². The van der Waals surface area contributed by atoms with E-state index in [-0.39, 0.29) is 0 Å². The lowest BCUT2D eigenvalue weighted by Gasteiger charge is -2.10. The van der Waals surface area contributed by atoms with Crippen LogP contribution in [0.4, 0.5) is 0 Å². The van der Waals surface area contributed by atoms with Crippen LogP contribution in [0.5, 0.6) is 0 Å². The normalized spacial score (nSPS) is 12.5. The number of hydrogen-bond donors (Lipinski definition) is 0. The molecule has 10 aromatic carbocycles. The molecule has 0 aliphatic heterocycles. The first-order valence-electron chi connectivity index (χ1n) is 49.7. The summed E-state index contributed by atoms with van der Waals surface area (Å²) in [7, 11) is 10.5. The molecule has 26 rings (SSSR count). The van der Waals surface area contributed by atoms with Gasteiger partial charge in [0.2, 0.25) is 57.0 Å². The van der Waals surface area contributed by atoms with Crippen LogP contribution in [0.25, 0.3) is 221 Å². The Labute approximate surface area is 825 Å². The molecule has 25 aromatic rings. The molecular formula is C127H117N10O5+5. The van der Waals surface area contributed by atoms with Gasteiger partial charge in [0.25, 0.3) is 0 Å². The number of aryl methyl sites for hydroxylation is 17. The molecule has 15 aromatic heterocycles. The Hall–Kier alpha value is -16.0. The Morgan fingerprint density at radius 1 is 0.268 bits per heavy atom. The predicted molar refractivity (Wildman–Crippen MR) is 579 cm³/mol. The molecule has 15 heterocycles. The highest BCUT2D eigenvalue weighted by molar-refractivity contribution is 6.18. The molecule has 1 aliphatic rings. The molecule has 0 unspecified atom stereocenters. The summed E-state index contributed by atoms with van der Waals surface area (Å²) in [6.07, 6.45) is 18.5. The number of rotatable bonds is 9. The zero-order chi connectivity index (χ0) is 98.1. The van der Waals surface area contributed by atoms with Crippen molar-refractivity contribution in [2.24, 2.45) is 47.1 Å². The van der Waals surface area contributed by atoms with Gasteiger partial charge in [0.1, 0.15) is 35.2 Å². The average Bonchev–Trinajstić information content (AvgIpc) is 1.59. The molecule has 1 fully saturated rings. The SMILES string of the molecule is Cc1cc(-c2c(C)cc(C)c3c2oc2nc4ccccc4cc23)[n+](C)cc1C.Cc1cc[n+](C)c(-c2c(C)cc(C)c3c2oc2nc4ccccc4cc23)c1.Cc1ccc(-c2c(C)cc(C)c3c2oc2nc4ccccc4cc23)[n+](C)c1.Cc1ccc2c(oc3nc4ccccc4cc32)c1-c1cc(CC(C)C)cc[n+]1C.Cc1ccc2c(oc3nc4ccccc4cc32)c1-c1cc(CC2CCCC2)cc[n+]1C. The van der Waals surface area contributed by atoms with E-state index in [0.717, 1.165) is 188 Å². The average molecular weight is 1860 g/mol. The van der Waals surface area contributed by atoms with Crippen LogP contribution in [0.15, 0.2) is 302 Å². The minimum Gasteiger partial charge on any atom is -0.437 e. The Bertz CT molecular complexity index is 9470. The minimum absolute atomic E-state index is 0.621. The number of nitrogens with zero attached hydrogens (tertiary/aromatic N) is 10. The maximum absolute atomic E-state index is 6.43. The van der Waals surface area contributed by atoms with E-state index in [4.69, 9.17) is 47.0 Å². The van der Waals surface area contributed by atoms with Gasteiger partial charge in [-0.05, 0) is 241 Å². The van der Waals surface area contributed by atoms with Gasteiger partial charge in [-0.3, -0.25) is 0 Å². The molecule has 0 amide bonds. The minimum atomic E-state index is 0.621. The Morgan fingerprint density at radius 2 is 0.606 bits per heavy atom. The number of hydrogen-bond acceptors (Lipinski definition) is 10. The van der Waals surface area contributed by atoms with Gasteiger partial charge in [-0.1, -0.05) is 173 Å². The second-order valence-electron chi connectivity index (χ2n) is 40.3. The number of para-hydroxylation sites is 5. The molecule has 1 saturated carbocycles. The first-order valence-corrected chi connectivity index (χ1v) is 49.7. The molecule has 0 atom stereocenters. The first kappa shape index (κ1) is 91.1. The quantitative estimate of drug-likeness (QED) is 0.128. The molecule has 142 heavy (non-hydrogen) atoms. The number of aromatic nitrogens is 10. The van der Waals surface area contributed by atoms with E-state index in [1.165, 1.54) is 127 Å². The van der Waals surface area contributed by atoms with E-state index in [2.05, 4.69) is 356 Å². The van der Waals surface area contributed by atoms with Crippen LogP contribution >= 0.6 is 0 Å². The van der Waals surface area contributed by atoms with Crippen molar-refractivity contribution >= 4 is 165 Å². The fourth-order valence-corrected chi connectivity index (χ4v) is 22.1. The summed E-state index contributed by atoms with van der Waals surface area (Å²) >= 11 is 0. The van der Waals surface area contributed by atoms with Gasteiger partial charge >= 0.3 is 0 Å². The number of benzene rings is 10. The topological polar surface area (TPSA) is 150 Å². The Kier molecular flexibility index (Phi) is 23.5. The van der Waals surface area contributed by atoms with Gasteiger partial charge in [0.05, 0.1) is 55.4 Å². The highest BCUT2D eigenvalue weighted by atomic mass is 16.4. The second kappa shape index (κ2) is 36.7. The zero-order valence-electron chi connectivity index (χ0n) is 84.5. The molecule has 0 saturated heterocycles. The lowest BCUT2D eigenvalue weighted by atomic mass is 9.95. The van der Waals surface area contributed by atoms with Gasteiger partial charge in [0, 0.05) is 140 Å². The fraction of sp³-hybridized carbons (Fsp3) is 0.213. The molecule has 15 nitrogen and oxygen atoms in total. The largest absolute Gasteiger partial charge is 0.437 e. The van der Waals surface area contributed by atoms with Crippen LogP contribution in [0.3, 0.4) is 0 Å². The van der Waals surface area contributed by atoms with Crippen LogP contribution in [0.1, 0.15) is 117 Å². The predicted octanol–water partition coefficient (Wildman–Crippen LogP) is 29.8. The third kappa shape index (κ3) is 16.6. The second-order valence-corrected chi connectivity index (χ2v) is 40.3. The highest BCUT2D eigenvalue weighted by Gasteiger charge is 2.31. The van der Waals surface area contributed by atoms with Crippen LogP contribution in [0.2, 0.25) is 0 Å². The van der Waals surface area contributed by atoms with Gasteiger partial charge < -0.3 is 22.1 Å².